The molecule has 1 aliphatic rings. The number of carbonyl (C=O) groups excluding carboxylic acids is 1. The van der Waals surface area contributed by atoms with Crippen molar-refractivity contribution < 1.29 is 17.9 Å². The van der Waals surface area contributed by atoms with Gasteiger partial charge in [0.1, 0.15) is 12.4 Å². The molecule has 0 saturated heterocycles. The number of para-hydroxylation sites is 1. The first-order chi connectivity index (χ1) is 15.4. The second-order valence-electron chi connectivity index (χ2n) is 7.48. The Bertz CT molecular complexity index is 1270. The Morgan fingerprint density at radius 3 is 2.31 bits per heavy atom. The van der Waals surface area contributed by atoms with Crippen LogP contribution in [0.15, 0.2) is 83.8 Å². The summed E-state index contributed by atoms with van der Waals surface area (Å²) in [5.74, 6) is 0.0331. The van der Waals surface area contributed by atoms with Crippen molar-refractivity contribution in [3.63, 3.8) is 0 Å². The predicted molar refractivity (Wildman–Crippen MR) is 126 cm³/mol. The number of amides is 1. The molecule has 6 nitrogen and oxygen atoms in total. The zero-order valence-corrected chi connectivity index (χ0v) is 18.7. The number of ether oxygens (including phenoxy) is 1. The van der Waals surface area contributed by atoms with Crippen molar-refractivity contribution in [2.45, 2.75) is 6.92 Å². The molecule has 4 rings (SSSR count). The Labute approximate surface area is 188 Å². The van der Waals surface area contributed by atoms with Crippen LogP contribution in [0.3, 0.4) is 0 Å². The number of rotatable bonds is 6. The lowest BCUT2D eigenvalue weighted by atomic mass is 9.95. The van der Waals surface area contributed by atoms with Crippen molar-refractivity contribution in [1.29, 1.82) is 0 Å². The largest absolute Gasteiger partial charge is 0.492 e. The Balaban J connectivity index is 1.65. The number of nitrogens with one attached hydrogen (secondary N) is 1. The molecule has 1 aliphatic heterocycles. The van der Waals surface area contributed by atoms with Gasteiger partial charge in [-0.1, -0.05) is 66.2 Å². The average Bonchev–Trinajstić information content (AvgIpc) is 2.80. The summed E-state index contributed by atoms with van der Waals surface area (Å²) in [7, 11) is -2.58. The molecule has 0 aromatic heterocycles. The van der Waals surface area contributed by atoms with Crippen LogP contribution >= 0.6 is 0 Å². The molecule has 1 amide bonds. The summed E-state index contributed by atoms with van der Waals surface area (Å²) in [6.07, 6.45) is 0. The topological polar surface area (TPSA) is 75.7 Å². The first kappa shape index (κ1) is 21.6. The van der Waals surface area contributed by atoms with Crippen LogP contribution in [0.4, 0.5) is 5.69 Å². The van der Waals surface area contributed by atoms with Gasteiger partial charge in [0.05, 0.1) is 12.2 Å². The number of benzene rings is 3. The number of aryl methyl sites for hydroxylation is 1. The fourth-order valence-corrected chi connectivity index (χ4v) is 5.13. The minimum atomic E-state index is -4.05. The SMILES string of the molecule is Cc1ccc(OCCNC(=O)C2=C(c3ccccc3)c3ccccc3N(C)S2(=O)=O)cc1. The molecule has 0 atom stereocenters. The van der Waals surface area contributed by atoms with E-state index in [-0.39, 0.29) is 18.1 Å². The van der Waals surface area contributed by atoms with Crippen molar-refractivity contribution in [3.05, 3.63) is 100 Å². The van der Waals surface area contributed by atoms with Crippen molar-refractivity contribution in [2.24, 2.45) is 0 Å². The first-order valence-corrected chi connectivity index (χ1v) is 11.7. The molecule has 0 bridgehead atoms. The minimum Gasteiger partial charge on any atom is -0.492 e. The van der Waals surface area contributed by atoms with Gasteiger partial charge >= 0.3 is 0 Å². The molecule has 0 aliphatic carbocycles. The van der Waals surface area contributed by atoms with E-state index in [9.17, 15) is 13.2 Å². The summed E-state index contributed by atoms with van der Waals surface area (Å²) >= 11 is 0. The van der Waals surface area contributed by atoms with Crippen LogP contribution < -0.4 is 14.4 Å². The first-order valence-electron chi connectivity index (χ1n) is 10.3. The molecular formula is C25H24N2O4S. The molecule has 3 aromatic rings. The maximum Gasteiger partial charge on any atom is 0.270 e. The van der Waals surface area contributed by atoms with Crippen LogP contribution in [0, 0.1) is 6.92 Å². The molecule has 0 unspecified atom stereocenters. The van der Waals surface area contributed by atoms with E-state index in [1.165, 1.54) is 7.05 Å². The minimum absolute atomic E-state index is 0.166. The standard InChI is InChI=1S/C25H24N2O4S/c1-18-12-14-20(15-13-18)31-17-16-26-25(28)24-23(19-8-4-3-5-9-19)21-10-6-7-11-22(21)27(2)32(24,29)30/h3-15H,16-17H2,1-2H3,(H,26,28). The fourth-order valence-electron chi connectivity index (χ4n) is 3.65. The molecule has 7 heteroatoms. The lowest BCUT2D eigenvalue weighted by Crippen LogP contribution is -2.40. The molecule has 0 spiro atoms. The normalized spacial score (nSPS) is 14.6. The summed E-state index contributed by atoms with van der Waals surface area (Å²) in [4.78, 5) is 12.9. The van der Waals surface area contributed by atoms with Gasteiger partial charge in [-0.05, 0) is 30.7 Å². The molecule has 0 saturated carbocycles. The summed E-state index contributed by atoms with van der Waals surface area (Å²) in [5, 5.41) is 2.71. The van der Waals surface area contributed by atoms with Crippen LogP contribution in [-0.4, -0.2) is 34.5 Å². The molecule has 0 fully saturated rings. The fraction of sp³-hybridized carbons (Fsp3) is 0.160. The van der Waals surface area contributed by atoms with Crippen LogP contribution in [0.1, 0.15) is 16.7 Å². The number of sulfonamides is 1. The Morgan fingerprint density at radius 1 is 0.938 bits per heavy atom. The smallest absolute Gasteiger partial charge is 0.270 e. The maximum atomic E-state index is 13.4. The highest BCUT2D eigenvalue weighted by Crippen LogP contribution is 2.41. The Kier molecular flexibility index (Phi) is 6.01. The molecule has 0 radical (unpaired) electrons. The monoisotopic (exact) mass is 448 g/mol. The van der Waals surface area contributed by atoms with Gasteiger partial charge in [0, 0.05) is 18.2 Å². The van der Waals surface area contributed by atoms with E-state index in [0.717, 1.165) is 9.87 Å². The molecule has 1 N–H and O–H groups in total. The molecule has 32 heavy (non-hydrogen) atoms. The van der Waals surface area contributed by atoms with Crippen molar-refractivity contribution in [3.8, 4) is 5.75 Å². The van der Waals surface area contributed by atoms with Gasteiger partial charge in [0.15, 0.2) is 4.91 Å². The van der Waals surface area contributed by atoms with E-state index < -0.39 is 15.9 Å². The van der Waals surface area contributed by atoms with Crippen molar-refractivity contribution in [2.75, 3.05) is 24.5 Å². The quantitative estimate of drug-likeness (QED) is 0.583. The van der Waals surface area contributed by atoms with Gasteiger partial charge in [-0.3, -0.25) is 9.10 Å². The summed E-state index contributed by atoms with van der Waals surface area (Å²) < 4.78 is 33.5. The van der Waals surface area contributed by atoms with Crippen LogP contribution in [0.2, 0.25) is 0 Å². The van der Waals surface area contributed by atoms with E-state index in [1.54, 1.807) is 24.3 Å². The second-order valence-corrected chi connectivity index (χ2v) is 9.38. The zero-order valence-electron chi connectivity index (χ0n) is 17.9. The van der Waals surface area contributed by atoms with Gasteiger partial charge in [-0.25, -0.2) is 8.42 Å². The van der Waals surface area contributed by atoms with Gasteiger partial charge in [-0.2, -0.15) is 0 Å². The van der Waals surface area contributed by atoms with E-state index >= 15 is 0 Å². The molecule has 1 heterocycles. The van der Waals surface area contributed by atoms with Gasteiger partial charge in [0.2, 0.25) is 0 Å². The second kappa shape index (κ2) is 8.88. The number of fused-ring (bicyclic) bond motifs is 1. The lowest BCUT2D eigenvalue weighted by Gasteiger charge is -2.30. The van der Waals surface area contributed by atoms with E-state index in [1.807, 2.05) is 61.5 Å². The van der Waals surface area contributed by atoms with Crippen LogP contribution in [0.25, 0.3) is 5.57 Å². The molecular weight excluding hydrogens is 424 g/mol. The summed E-state index contributed by atoms with van der Waals surface area (Å²) in [6, 6.07) is 23.9. The van der Waals surface area contributed by atoms with E-state index in [0.29, 0.717) is 28.1 Å². The zero-order chi connectivity index (χ0) is 22.7. The highest BCUT2D eigenvalue weighted by Gasteiger charge is 2.39. The maximum absolute atomic E-state index is 13.4. The van der Waals surface area contributed by atoms with Gasteiger partial charge in [-0.15, -0.1) is 0 Å². The van der Waals surface area contributed by atoms with E-state index in [2.05, 4.69) is 5.32 Å². The Hall–Kier alpha value is -3.58. The van der Waals surface area contributed by atoms with E-state index in [4.69, 9.17) is 4.74 Å². The number of hydrogen-bond acceptors (Lipinski definition) is 4. The van der Waals surface area contributed by atoms with Crippen molar-refractivity contribution in [1.82, 2.24) is 5.32 Å². The Morgan fingerprint density at radius 2 is 1.59 bits per heavy atom. The average molecular weight is 449 g/mol. The van der Waals surface area contributed by atoms with Crippen LogP contribution in [-0.2, 0) is 14.8 Å². The summed E-state index contributed by atoms with van der Waals surface area (Å²) in [5.41, 5.74) is 3.41. The predicted octanol–water partition coefficient (Wildman–Crippen LogP) is 3.73. The highest BCUT2D eigenvalue weighted by atomic mass is 32.2. The third-order valence-electron chi connectivity index (χ3n) is 5.30. The highest BCUT2D eigenvalue weighted by molar-refractivity contribution is 7.97. The number of carbonyl (C=O) groups is 1. The number of anilines is 1. The number of nitrogens with zero attached hydrogens (tertiary/aromatic N) is 1. The van der Waals surface area contributed by atoms with Gasteiger partial charge in [0.25, 0.3) is 15.9 Å². The summed E-state index contributed by atoms with van der Waals surface area (Å²) in [6.45, 7) is 2.37. The lowest BCUT2D eigenvalue weighted by molar-refractivity contribution is -0.116. The molecule has 3 aromatic carbocycles. The third kappa shape index (κ3) is 4.11. The number of hydrogen-bond donors (Lipinski definition) is 1. The van der Waals surface area contributed by atoms with Crippen molar-refractivity contribution >= 4 is 27.2 Å². The van der Waals surface area contributed by atoms with Crippen LogP contribution in [0.5, 0.6) is 5.75 Å². The molecule has 164 valence electrons. The van der Waals surface area contributed by atoms with Gasteiger partial charge < -0.3 is 10.1 Å². The third-order valence-corrected chi connectivity index (χ3v) is 7.13.